The predicted molar refractivity (Wildman–Crippen MR) is 132 cm³/mol. The van der Waals surface area contributed by atoms with Gasteiger partial charge < -0.3 is 20.1 Å². The van der Waals surface area contributed by atoms with Gasteiger partial charge >= 0.3 is 5.97 Å². The smallest absolute Gasteiger partial charge is 0.339 e. The molecule has 8 nitrogen and oxygen atoms in total. The lowest BCUT2D eigenvalue weighted by molar-refractivity contribution is -0.139. The molecular weight excluding hydrogens is 481 g/mol. The third-order valence-corrected chi connectivity index (χ3v) is 7.01. The van der Waals surface area contributed by atoms with Crippen molar-refractivity contribution in [3.05, 3.63) is 80.5 Å². The van der Waals surface area contributed by atoms with Crippen molar-refractivity contribution in [2.24, 2.45) is 0 Å². The van der Waals surface area contributed by atoms with Crippen molar-refractivity contribution in [1.82, 2.24) is 9.88 Å². The van der Waals surface area contributed by atoms with Gasteiger partial charge in [-0.3, -0.25) is 0 Å². The summed E-state index contributed by atoms with van der Waals surface area (Å²) in [5, 5.41) is 19.7. The molecule has 0 amide bonds. The summed E-state index contributed by atoms with van der Waals surface area (Å²) in [7, 11) is 2.04. The molecule has 10 heteroatoms. The lowest BCUT2D eigenvalue weighted by atomic mass is 9.83. The van der Waals surface area contributed by atoms with Crippen LogP contribution < -0.4 is 5.73 Å². The number of anilines is 1. The Morgan fingerprint density at radius 1 is 1.33 bits per heavy atom. The SMILES string of the molecule is CCOC(=O)C1=C(SCc2cc3c(nc2N)CCN(C)C3)OC(C#N)=C(C#N)C1c1ccc(F)cc1. The number of aromatic nitrogens is 1. The van der Waals surface area contributed by atoms with Crippen LogP contribution in [0.15, 0.2) is 52.3 Å². The number of hydrogen-bond acceptors (Lipinski definition) is 9. The molecule has 1 aromatic carbocycles. The summed E-state index contributed by atoms with van der Waals surface area (Å²) in [5.74, 6) is -1.62. The minimum atomic E-state index is -0.951. The normalized spacial score (nSPS) is 17.6. The second-order valence-electron chi connectivity index (χ2n) is 8.39. The first kappa shape index (κ1) is 25.2. The van der Waals surface area contributed by atoms with Crippen LogP contribution in [0.25, 0.3) is 0 Å². The number of nitrogen functional groups attached to an aromatic ring is 1. The largest absolute Gasteiger partial charge is 0.462 e. The highest BCUT2D eigenvalue weighted by molar-refractivity contribution is 8.02. The number of rotatable bonds is 6. The van der Waals surface area contributed by atoms with E-state index in [1.54, 1.807) is 6.92 Å². The Kier molecular flexibility index (Phi) is 7.58. The first-order valence-corrected chi connectivity index (χ1v) is 12.3. The van der Waals surface area contributed by atoms with Crippen LogP contribution >= 0.6 is 11.8 Å². The second kappa shape index (κ2) is 10.8. The van der Waals surface area contributed by atoms with Crippen LogP contribution in [-0.4, -0.2) is 36.1 Å². The van der Waals surface area contributed by atoms with Crippen LogP contribution in [0.4, 0.5) is 10.2 Å². The number of pyridine rings is 1. The fraction of sp³-hybridized carbons (Fsp3) is 0.308. The topological polar surface area (TPSA) is 125 Å². The number of hydrogen-bond donors (Lipinski definition) is 1. The molecule has 4 rings (SSSR count). The number of nitrogens with zero attached hydrogens (tertiary/aromatic N) is 4. The van der Waals surface area contributed by atoms with E-state index >= 15 is 0 Å². The van der Waals surface area contributed by atoms with Gasteiger partial charge in [0, 0.05) is 36.5 Å². The van der Waals surface area contributed by atoms with Gasteiger partial charge in [0.25, 0.3) is 0 Å². The van der Waals surface area contributed by atoms with E-state index in [-0.39, 0.29) is 28.6 Å². The third kappa shape index (κ3) is 5.06. The Bertz CT molecular complexity index is 1340. The summed E-state index contributed by atoms with van der Waals surface area (Å²) in [4.78, 5) is 19.9. The number of likely N-dealkylation sites (N-methyl/N-ethyl adjacent to an activating group) is 1. The van der Waals surface area contributed by atoms with E-state index < -0.39 is 17.7 Å². The fourth-order valence-corrected chi connectivity index (χ4v) is 5.25. The van der Waals surface area contributed by atoms with Gasteiger partial charge in [0.15, 0.2) is 5.09 Å². The van der Waals surface area contributed by atoms with E-state index in [9.17, 15) is 19.7 Å². The first-order valence-electron chi connectivity index (χ1n) is 11.3. The zero-order valence-electron chi connectivity index (χ0n) is 19.9. The number of allylic oxidation sites excluding steroid dienone is 2. The van der Waals surface area contributed by atoms with Gasteiger partial charge in [-0.25, -0.2) is 14.2 Å². The number of nitriles is 2. The van der Waals surface area contributed by atoms with Gasteiger partial charge in [0.1, 0.15) is 23.8 Å². The van der Waals surface area contributed by atoms with E-state index in [2.05, 4.69) is 9.88 Å². The summed E-state index contributed by atoms with van der Waals surface area (Å²) in [6.07, 6.45) is 0.817. The average molecular weight is 506 g/mol. The molecule has 1 aromatic heterocycles. The molecule has 0 radical (unpaired) electrons. The maximum atomic E-state index is 13.6. The van der Waals surface area contributed by atoms with E-state index in [0.29, 0.717) is 17.1 Å². The van der Waals surface area contributed by atoms with Crippen LogP contribution in [0.3, 0.4) is 0 Å². The molecule has 36 heavy (non-hydrogen) atoms. The molecule has 2 N–H and O–H groups in total. The van der Waals surface area contributed by atoms with Crippen molar-refractivity contribution < 1.29 is 18.7 Å². The highest BCUT2D eigenvalue weighted by Gasteiger charge is 2.38. The molecule has 0 spiro atoms. The molecule has 3 heterocycles. The Balaban J connectivity index is 1.76. The summed E-state index contributed by atoms with van der Waals surface area (Å²) in [5.41, 5.74) is 9.56. The van der Waals surface area contributed by atoms with Crippen molar-refractivity contribution >= 4 is 23.5 Å². The Morgan fingerprint density at radius 2 is 2.08 bits per heavy atom. The molecule has 0 aliphatic carbocycles. The lowest BCUT2D eigenvalue weighted by Crippen LogP contribution is -2.27. The van der Waals surface area contributed by atoms with Crippen LogP contribution in [-0.2, 0) is 33.0 Å². The number of ether oxygens (including phenoxy) is 2. The second-order valence-corrected chi connectivity index (χ2v) is 9.34. The summed E-state index contributed by atoms with van der Waals surface area (Å²) in [6.45, 7) is 3.43. The number of carbonyl (C=O) groups is 1. The molecule has 2 aliphatic heterocycles. The zero-order valence-corrected chi connectivity index (χ0v) is 20.7. The Labute approximate surface area is 212 Å². The summed E-state index contributed by atoms with van der Waals surface area (Å²) < 4.78 is 24.7. The number of fused-ring (bicyclic) bond motifs is 1. The van der Waals surface area contributed by atoms with Gasteiger partial charge in [-0.05, 0) is 43.3 Å². The quantitative estimate of drug-likeness (QED) is 0.582. The number of benzene rings is 1. The number of halogens is 1. The van der Waals surface area contributed by atoms with Gasteiger partial charge in [-0.1, -0.05) is 23.9 Å². The van der Waals surface area contributed by atoms with Crippen molar-refractivity contribution in [3.8, 4) is 12.1 Å². The summed E-state index contributed by atoms with van der Waals surface area (Å²) in [6, 6.07) is 11.3. The lowest BCUT2D eigenvalue weighted by Gasteiger charge is -2.27. The molecule has 1 atom stereocenters. The Hall–Kier alpha value is -3.86. The monoisotopic (exact) mass is 505 g/mol. The van der Waals surface area contributed by atoms with E-state index in [0.717, 1.165) is 36.3 Å². The molecule has 1 unspecified atom stereocenters. The number of thioether (sulfide) groups is 1. The van der Waals surface area contributed by atoms with E-state index in [1.807, 2.05) is 25.3 Å². The first-order chi connectivity index (χ1) is 17.4. The van der Waals surface area contributed by atoms with Crippen LogP contribution in [0.5, 0.6) is 0 Å². The van der Waals surface area contributed by atoms with Crippen molar-refractivity contribution in [1.29, 1.82) is 10.5 Å². The van der Waals surface area contributed by atoms with Crippen molar-refractivity contribution in [3.63, 3.8) is 0 Å². The highest BCUT2D eigenvalue weighted by Crippen LogP contribution is 2.45. The molecule has 0 saturated carbocycles. The van der Waals surface area contributed by atoms with Gasteiger partial charge in [0.2, 0.25) is 5.76 Å². The molecule has 2 aromatic rings. The van der Waals surface area contributed by atoms with Crippen LogP contribution in [0, 0.1) is 28.5 Å². The summed E-state index contributed by atoms with van der Waals surface area (Å²) >= 11 is 1.17. The highest BCUT2D eigenvalue weighted by atomic mass is 32.2. The fourth-order valence-electron chi connectivity index (χ4n) is 4.24. The average Bonchev–Trinajstić information content (AvgIpc) is 2.87. The molecule has 2 aliphatic rings. The molecule has 184 valence electrons. The van der Waals surface area contributed by atoms with Gasteiger partial charge in [-0.2, -0.15) is 10.5 Å². The van der Waals surface area contributed by atoms with Gasteiger partial charge in [0.05, 0.1) is 23.7 Å². The number of nitrogens with two attached hydrogens (primary N) is 1. The molecule has 0 fully saturated rings. The number of carbonyl (C=O) groups excluding carboxylic acids is 1. The zero-order chi connectivity index (χ0) is 25.8. The van der Waals surface area contributed by atoms with Crippen molar-refractivity contribution in [2.45, 2.75) is 31.6 Å². The number of esters is 1. The molecule has 0 bridgehead atoms. The predicted octanol–water partition coefficient (Wildman–Crippen LogP) is 3.91. The minimum absolute atomic E-state index is 0.0468. The molecule has 0 saturated heterocycles. The van der Waals surface area contributed by atoms with Crippen molar-refractivity contribution in [2.75, 3.05) is 25.9 Å². The maximum Gasteiger partial charge on any atom is 0.339 e. The Morgan fingerprint density at radius 3 is 2.75 bits per heavy atom. The van der Waals surface area contributed by atoms with E-state index in [4.69, 9.17) is 15.2 Å². The standard InChI is InChI=1S/C26H24FN5O3S/c1-3-34-25(33)23-22(15-4-6-18(27)7-5-15)19(11-28)21(12-29)35-26(23)36-14-17-10-16-13-32(2)9-8-20(16)31-24(17)30/h4-7,10,22H,3,8-9,13-14H2,1-2H3,(H2,30,31). The maximum absolute atomic E-state index is 13.6. The van der Waals surface area contributed by atoms with Crippen LogP contribution in [0.2, 0.25) is 0 Å². The molecular formula is C26H24FN5O3S. The minimum Gasteiger partial charge on any atom is -0.462 e. The third-order valence-electron chi connectivity index (χ3n) is 5.99. The van der Waals surface area contributed by atoms with Crippen LogP contribution in [0.1, 0.15) is 35.2 Å². The van der Waals surface area contributed by atoms with Gasteiger partial charge in [-0.15, -0.1) is 0 Å². The van der Waals surface area contributed by atoms with E-state index in [1.165, 1.54) is 36.0 Å².